The second-order valence-electron chi connectivity index (χ2n) is 3.37. The summed E-state index contributed by atoms with van der Waals surface area (Å²) in [5, 5.41) is 8.56. The maximum absolute atomic E-state index is 12.9. The molecule has 0 amide bonds. The van der Waals surface area contributed by atoms with Crippen molar-refractivity contribution in [1.82, 2.24) is 0 Å². The monoisotopic (exact) mass is 242 g/mol. The molecule has 0 unspecified atom stereocenters. The van der Waals surface area contributed by atoms with Gasteiger partial charge in [0.05, 0.1) is 16.2 Å². The number of carboxylic acids is 1. The number of hydrogen-bond acceptors (Lipinski definition) is 3. The maximum atomic E-state index is 12.9. The number of sulfone groups is 1. The lowest BCUT2D eigenvalue weighted by atomic mass is 10.2. The van der Waals surface area contributed by atoms with E-state index in [2.05, 4.69) is 0 Å². The fourth-order valence-corrected chi connectivity index (χ4v) is 3.12. The van der Waals surface area contributed by atoms with Crippen LogP contribution in [0.1, 0.15) is 12.0 Å². The highest BCUT2D eigenvalue weighted by Gasteiger charge is 2.30. The number of hydrogen-bond donors (Lipinski definition) is 1. The minimum absolute atomic E-state index is 0.0369. The molecule has 1 aromatic carbocycles. The Kier molecular flexibility index (Phi) is 2.31. The van der Waals surface area contributed by atoms with Gasteiger partial charge >= 0.3 is 5.97 Å². The maximum Gasteiger partial charge on any atom is 0.308 e. The molecule has 16 heavy (non-hydrogen) atoms. The standard InChI is InChI=1S/C10H7FO4S/c11-7-1-2-9-6(3-7)4-8(5-10(12)13)16(9,14)15/h1-4H,5H2,(H,12,13). The first-order chi connectivity index (χ1) is 7.41. The van der Waals surface area contributed by atoms with Crippen LogP contribution in [0.15, 0.2) is 28.0 Å². The Labute approximate surface area is 90.9 Å². The first-order valence-corrected chi connectivity index (χ1v) is 5.86. The molecule has 1 heterocycles. The number of carboxylic acid groups (broad SMARTS) is 1. The number of halogens is 1. The summed E-state index contributed by atoms with van der Waals surface area (Å²) >= 11 is 0. The van der Waals surface area contributed by atoms with Crippen molar-refractivity contribution in [3.8, 4) is 0 Å². The Balaban J connectivity index is 2.56. The van der Waals surface area contributed by atoms with E-state index in [-0.39, 0.29) is 15.4 Å². The van der Waals surface area contributed by atoms with Gasteiger partial charge in [-0.15, -0.1) is 0 Å². The Hall–Kier alpha value is -1.69. The molecule has 0 radical (unpaired) electrons. The van der Waals surface area contributed by atoms with Gasteiger partial charge in [-0.3, -0.25) is 4.79 Å². The first kappa shape index (κ1) is 10.8. The molecule has 1 aliphatic rings. The van der Waals surface area contributed by atoms with Crippen molar-refractivity contribution < 1.29 is 22.7 Å². The third kappa shape index (κ3) is 1.61. The van der Waals surface area contributed by atoms with Crippen LogP contribution in [-0.4, -0.2) is 19.5 Å². The molecule has 0 saturated carbocycles. The average molecular weight is 242 g/mol. The predicted molar refractivity (Wildman–Crippen MR) is 53.8 cm³/mol. The highest BCUT2D eigenvalue weighted by molar-refractivity contribution is 7.95. The fraction of sp³-hybridized carbons (Fsp3) is 0.100. The molecule has 0 spiro atoms. The van der Waals surface area contributed by atoms with E-state index in [0.717, 1.165) is 18.2 Å². The largest absolute Gasteiger partial charge is 0.481 e. The molecule has 0 fully saturated rings. The minimum Gasteiger partial charge on any atom is -0.481 e. The van der Waals surface area contributed by atoms with Crippen molar-refractivity contribution in [3.63, 3.8) is 0 Å². The number of benzene rings is 1. The predicted octanol–water partition coefficient (Wildman–Crippen LogP) is 1.43. The highest BCUT2D eigenvalue weighted by atomic mass is 32.2. The Bertz CT molecular complexity index is 601. The summed E-state index contributed by atoms with van der Waals surface area (Å²) in [5.74, 6) is -1.79. The molecule has 6 heteroatoms. The van der Waals surface area contributed by atoms with Gasteiger partial charge in [0.2, 0.25) is 9.84 Å². The van der Waals surface area contributed by atoms with Crippen molar-refractivity contribution >= 4 is 21.9 Å². The molecule has 1 N–H and O–H groups in total. The minimum atomic E-state index is -3.74. The molecular formula is C10H7FO4S. The second-order valence-corrected chi connectivity index (χ2v) is 5.34. The van der Waals surface area contributed by atoms with Crippen LogP contribution in [0.2, 0.25) is 0 Å². The van der Waals surface area contributed by atoms with E-state index in [1.165, 1.54) is 6.08 Å². The summed E-state index contributed by atoms with van der Waals surface area (Å²) in [5.41, 5.74) is 0.205. The lowest BCUT2D eigenvalue weighted by Crippen LogP contribution is -2.05. The normalized spacial score (nSPS) is 16.7. The molecule has 0 aliphatic carbocycles. The van der Waals surface area contributed by atoms with Gasteiger partial charge in [-0.05, 0) is 29.8 Å². The molecule has 0 saturated heterocycles. The van der Waals surface area contributed by atoms with Crippen molar-refractivity contribution in [2.24, 2.45) is 0 Å². The Morgan fingerprint density at radius 1 is 1.38 bits per heavy atom. The van der Waals surface area contributed by atoms with Gasteiger partial charge in [0, 0.05) is 0 Å². The van der Waals surface area contributed by atoms with Crippen molar-refractivity contribution in [2.45, 2.75) is 11.3 Å². The SMILES string of the molecule is O=C(O)CC1=Cc2cc(F)ccc2S1(=O)=O. The summed E-state index contributed by atoms with van der Waals surface area (Å²) in [7, 11) is -3.74. The van der Waals surface area contributed by atoms with E-state index in [0.29, 0.717) is 0 Å². The van der Waals surface area contributed by atoms with Gasteiger partial charge in [-0.1, -0.05) is 0 Å². The van der Waals surface area contributed by atoms with Gasteiger partial charge in [0.15, 0.2) is 0 Å². The lowest BCUT2D eigenvalue weighted by molar-refractivity contribution is -0.136. The smallest absolute Gasteiger partial charge is 0.308 e. The van der Waals surface area contributed by atoms with Gasteiger partial charge in [-0.2, -0.15) is 0 Å². The zero-order valence-electron chi connectivity index (χ0n) is 7.97. The summed E-state index contributed by atoms with van der Waals surface area (Å²) in [6.07, 6.45) is 0.612. The van der Waals surface area contributed by atoms with E-state index in [9.17, 15) is 17.6 Å². The fourth-order valence-electron chi connectivity index (χ4n) is 1.56. The quantitative estimate of drug-likeness (QED) is 0.796. The van der Waals surface area contributed by atoms with Crippen LogP contribution in [0.5, 0.6) is 0 Å². The lowest BCUT2D eigenvalue weighted by Gasteiger charge is -2.00. The van der Waals surface area contributed by atoms with Crippen LogP contribution >= 0.6 is 0 Å². The van der Waals surface area contributed by atoms with Crippen LogP contribution < -0.4 is 0 Å². The number of carbonyl (C=O) groups is 1. The van der Waals surface area contributed by atoms with Crippen LogP contribution in [0.3, 0.4) is 0 Å². The average Bonchev–Trinajstić information content (AvgIpc) is 2.37. The molecule has 0 atom stereocenters. The zero-order chi connectivity index (χ0) is 11.9. The first-order valence-electron chi connectivity index (χ1n) is 4.38. The summed E-state index contributed by atoms with van der Waals surface area (Å²) in [6.45, 7) is 0. The van der Waals surface area contributed by atoms with E-state index in [1.807, 2.05) is 0 Å². The zero-order valence-corrected chi connectivity index (χ0v) is 8.79. The van der Waals surface area contributed by atoms with Gasteiger partial charge in [-0.25, -0.2) is 12.8 Å². The molecule has 84 valence electrons. The molecular weight excluding hydrogens is 235 g/mol. The Morgan fingerprint density at radius 3 is 2.69 bits per heavy atom. The molecule has 1 aliphatic heterocycles. The van der Waals surface area contributed by atoms with Gasteiger partial charge in [0.25, 0.3) is 0 Å². The molecule has 4 nitrogen and oxygen atoms in total. The van der Waals surface area contributed by atoms with Gasteiger partial charge < -0.3 is 5.11 Å². The number of rotatable bonds is 2. The van der Waals surface area contributed by atoms with E-state index < -0.39 is 28.0 Å². The summed E-state index contributed by atoms with van der Waals surface area (Å²) in [6, 6.07) is 3.25. The van der Waals surface area contributed by atoms with Gasteiger partial charge in [0.1, 0.15) is 5.82 Å². The highest BCUT2D eigenvalue weighted by Crippen LogP contribution is 2.34. The van der Waals surface area contributed by atoms with Crippen LogP contribution in [0.25, 0.3) is 6.08 Å². The topological polar surface area (TPSA) is 71.4 Å². The molecule has 1 aromatic rings. The third-order valence-corrected chi connectivity index (χ3v) is 4.15. The molecule has 0 aromatic heterocycles. The van der Waals surface area contributed by atoms with Crippen molar-refractivity contribution in [2.75, 3.05) is 0 Å². The van der Waals surface area contributed by atoms with Crippen LogP contribution in [0.4, 0.5) is 4.39 Å². The summed E-state index contributed by atoms with van der Waals surface area (Å²) < 4.78 is 36.4. The van der Waals surface area contributed by atoms with E-state index in [1.54, 1.807) is 0 Å². The Morgan fingerprint density at radius 2 is 2.06 bits per heavy atom. The second kappa shape index (κ2) is 3.41. The number of fused-ring (bicyclic) bond motifs is 1. The third-order valence-electron chi connectivity index (χ3n) is 2.25. The van der Waals surface area contributed by atoms with Crippen LogP contribution in [0, 0.1) is 5.82 Å². The summed E-state index contributed by atoms with van der Waals surface area (Å²) in [4.78, 5) is 10.2. The van der Waals surface area contributed by atoms with Crippen molar-refractivity contribution in [3.05, 3.63) is 34.5 Å². The van der Waals surface area contributed by atoms with E-state index in [4.69, 9.17) is 5.11 Å². The molecule has 0 bridgehead atoms. The van der Waals surface area contributed by atoms with Crippen molar-refractivity contribution in [1.29, 1.82) is 0 Å². The van der Waals surface area contributed by atoms with E-state index >= 15 is 0 Å². The molecule has 2 rings (SSSR count). The van der Waals surface area contributed by atoms with Crippen LogP contribution in [-0.2, 0) is 14.6 Å². The number of aliphatic carboxylic acids is 1.